The summed E-state index contributed by atoms with van der Waals surface area (Å²) in [5.74, 6) is -0.0885. The summed E-state index contributed by atoms with van der Waals surface area (Å²) in [6.45, 7) is 2.84. The first-order valence-electron chi connectivity index (χ1n) is 6.59. The first-order valence-corrected chi connectivity index (χ1v) is 6.59. The monoisotopic (exact) mass is 313 g/mol. The maximum absolute atomic E-state index is 13.2. The van der Waals surface area contributed by atoms with Crippen LogP contribution in [0.5, 0.6) is 0 Å². The minimum atomic E-state index is -4.55. The lowest BCUT2D eigenvalue weighted by molar-refractivity contribution is -0.137. The van der Waals surface area contributed by atoms with Gasteiger partial charge >= 0.3 is 6.18 Å². The lowest BCUT2D eigenvalue weighted by Crippen LogP contribution is -2.48. The fraction of sp³-hybridized carbons (Fsp3) is 0.462. The molecule has 0 N–H and O–H groups in total. The van der Waals surface area contributed by atoms with Crippen LogP contribution >= 0.6 is 0 Å². The summed E-state index contributed by atoms with van der Waals surface area (Å²) in [6, 6.07) is 3.49. The number of nitrogens with zero attached hydrogens (tertiary/aromatic N) is 5. The molecule has 1 aromatic carbocycles. The molecule has 1 fully saturated rings. The molecule has 0 bridgehead atoms. The van der Waals surface area contributed by atoms with Crippen molar-refractivity contribution in [1.82, 2.24) is 4.90 Å². The molecule has 1 aliphatic rings. The topological polar surface area (TPSA) is 72.3 Å². The molecule has 0 aromatic heterocycles. The Bertz CT molecular complexity index is 617. The van der Waals surface area contributed by atoms with Crippen LogP contribution in [0.15, 0.2) is 23.3 Å². The normalized spacial score (nSPS) is 15.5. The lowest BCUT2D eigenvalue weighted by atomic mass is 10.1. The predicted octanol–water partition coefficient (Wildman–Crippen LogP) is 3.32. The van der Waals surface area contributed by atoms with Gasteiger partial charge in [-0.05, 0) is 17.7 Å². The molecule has 0 spiro atoms. The van der Waals surface area contributed by atoms with Gasteiger partial charge in [-0.25, -0.2) is 0 Å². The Labute approximate surface area is 124 Å². The van der Waals surface area contributed by atoms with Gasteiger partial charge in [0, 0.05) is 49.4 Å². The molecule has 22 heavy (non-hydrogen) atoms. The molecule has 6 nitrogen and oxygen atoms in total. The maximum Gasteiger partial charge on any atom is 0.418 e. The molecule has 0 saturated carbocycles. The van der Waals surface area contributed by atoms with Gasteiger partial charge in [-0.15, -0.1) is 0 Å². The first-order chi connectivity index (χ1) is 10.3. The zero-order chi connectivity index (χ0) is 16.3. The molecule has 9 heteroatoms. The Hall–Kier alpha value is -2.41. The van der Waals surface area contributed by atoms with Crippen molar-refractivity contribution in [2.24, 2.45) is 5.11 Å². The number of benzene rings is 1. The smallest absolute Gasteiger partial charge is 0.367 e. The molecular weight excluding hydrogens is 299 g/mol. The van der Waals surface area contributed by atoms with Crippen LogP contribution in [0.2, 0.25) is 0 Å². The summed E-state index contributed by atoms with van der Waals surface area (Å²) < 4.78 is 39.6. The van der Waals surface area contributed by atoms with Gasteiger partial charge in [0.25, 0.3) is 0 Å². The van der Waals surface area contributed by atoms with Crippen LogP contribution in [0.1, 0.15) is 12.5 Å². The fourth-order valence-corrected chi connectivity index (χ4v) is 2.40. The highest BCUT2D eigenvalue weighted by atomic mass is 19.4. The zero-order valence-electron chi connectivity index (χ0n) is 11.8. The molecule has 1 amide bonds. The molecule has 1 saturated heterocycles. The van der Waals surface area contributed by atoms with Crippen molar-refractivity contribution >= 4 is 17.3 Å². The number of piperazine rings is 1. The Morgan fingerprint density at radius 1 is 1.27 bits per heavy atom. The van der Waals surface area contributed by atoms with Crippen molar-refractivity contribution in [2.75, 3.05) is 31.1 Å². The van der Waals surface area contributed by atoms with Crippen LogP contribution in [0.3, 0.4) is 0 Å². The van der Waals surface area contributed by atoms with Gasteiger partial charge in [-0.3, -0.25) is 4.79 Å². The fourth-order valence-electron chi connectivity index (χ4n) is 2.40. The standard InChI is InChI=1S/C13H14F3N5O/c1-9(22)20-4-6-21(7-5-20)12-3-2-10(18-19-17)8-11(12)13(14,15)16/h2-3,8H,4-7H2,1H3. The molecule has 1 aliphatic heterocycles. The van der Waals surface area contributed by atoms with E-state index in [4.69, 9.17) is 5.53 Å². The Morgan fingerprint density at radius 3 is 2.41 bits per heavy atom. The molecule has 0 aliphatic carbocycles. The third-order valence-electron chi connectivity index (χ3n) is 3.51. The molecular formula is C13H14F3N5O. The van der Waals surface area contributed by atoms with Gasteiger partial charge in [-0.2, -0.15) is 13.2 Å². The summed E-state index contributed by atoms with van der Waals surface area (Å²) in [7, 11) is 0. The SMILES string of the molecule is CC(=O)N1CCN(c2ccc(N=[N+]=[N-])cc2C(F)(F)F)CC1. The van der Waals surface area contributed by atoms with E-state index in [0.717, 1.165) is 6.07 Å². The Morgan fingerprint density at radius 2 is 1.91 bits per heavy atom. The Balaban J connectivity index is 2.31. The van der Waals surface area contributed by atoms with Crippen molar-refractivity contribution in [3.63, 3.8) is 0 Å². The molecule has 1 aromatic rings. The van der Waals surface area contributed by atoms with Gasteiger partial charge < -0.3 is 9.80 Å². The van der Waals surface area contributed by atoms with Crippen molar-refractivity contribution in [2.45, 2.75) is 13.1 Å². The molecule has 118 valence electrons. The maximum atomic E-state index is 13.2. The number of anilines is 1. The molecule has 2 rings (SSSR count). The second-order valence-electron chi connectivity index (χ2n) is 4.88. The van der Waals surface area contributed by atoms with E-state index in [1.807, 2.05) is 0 Å². The average molecular weight is 313 g/mol. The summed E-state index contributed by atoms with van der Waals surface area (Å²) in [4.78, 5) is 16.9. The number of alkyl halides is 3. The second kappa shape index (κ2) is 6.15. The van der Waals surface area contributed by atoms with Gasteiger partial charge in [0.15, 0.2) is 0 Å². The number of halogens is 3. The van der Waals surface area contributed by atoms with E-state index >= 15 is 0 Å². The van der Waals surface area contributed by atoms with Crippen molar-refractivity contribution in [1.29, 1.82) is 0 Å². The number of rotatable bonds is 2. The number of azide groups is 1. The summed E-state index contributed by atoms with van der Waals surface area (Å²) in [5.41, 5.74) is 7.45. The molecule has 1 heterocycles. The van der Waals surface area contributed by atoms with Crippen LogP contribution in [0.4, 0.5) is 24.5 Å². The summed E-state index contributed by atoms with van der Waals surface area (Å²) in [6.07, 6.45) is -4.55. The molecule has 0 atom stereocenters. The van der Waals surface area contributed by atoms with E-state index in [2.05, 4.69) is 10.0 Å². The van der Waals surface area contributed by atoms with Gasteiger partial charge in [0.05, 0.1) is 5.56 Å². The number of carbonyl (C=O) groups is 1. The quantitative estimate of drug-likeness (QED) is 0.477. The largest absolute Gasteiger partial charge is 0.418 e. The van der Waals surface area contributed by atoms with Crippen molar-refractivity contribution in [3.8, 4) is 0 Å². The van der Waals surface area contributed by atoms with Gasteiger partial charge in [0.2, 0.25) is 5.91 Å². The lowest BCUT2D eigenvalue weighted by Gasteiger charge is -2.36. The van der Waals surface area contributed by atoms with Crippen molar-refractivity contribution in [3.05, 3.63) is 34.2 Å². The molecule has 0 unspecified atom stereocenters. The van der Waals surface area contributed by atoms with Crippen molar-refractivity contribution < 1.29 is 18.0 Å². The summed E-state index contributed by atoms with van der Waals surface area (Å²) in [5, 5.41) is 3.21. The highest BCUT2D eigenvalue weighted by Crippen LogP contribution is 2.39. The van der Waals surface area contributed by atoms with E-state index in [9.17, 15) is 18.0 Å². The average Bonchev–Trinajstić information content (AvgIpc) is 2.47. The minimum absolute atomic E-state index is 0.0348. The zero-order valence-corrected chi connectivity index (χ0v) is 11.8. The second-order valence-corrected chi connectivity index (χ2v) is 4.88. The number of hydrogen-bond acceptors (Lipinski definition) is 3. The van der Waals surface area contributed by atoms with Crippen LogP contribution in [-0.2, 0) is 11.0 Å². The predicted molar refractivity (Wildman–Crippen MR) is 74.7 cm³/mol. The minimum Gasteiger partial charge on any atom is -0.367 e. The first kappa shape index (κ1) is 16.0. The number of hydrogen-bond donors (Lipinski definition) is 0. The van der Waals surface area contributed by atoms with Crippen LogP contribution in [0, 0.1) is 0 Å². The van der Waals surface area contributed by atoms with E-state index in [1.54, 1.807) is 9.80 Å². The van der Waals surface area contributed by atoms with E-state index < -0.39 is 11.7 Å². The van der Waals surface area contributed by atoms with E-state index in [0.29, 0.717) is 26.2 Å². The number of amides is 1. The van der Waals surface area contributed by atoms with Crippen LogP contribution in [-0.4, -0.2) is 37.0 Å². The van der Waals surface area contributed by atoms with Crippen LogP contribution in [0.25, 0.3) is 10.4 Å². The number of carbonyl (C=O) groups excluding carboxylic acids is 1. The third-order valence-corrected chi connectivity index (χ3v) is 3.51. The summed E-state index contributed by atoms with van der Waals surface area (Å²) >= 11 is 0. The van der Waals surface area contributed by atoms with E-state index in [-0.39, 0.29) is 17.3 Å². The highest BCUT2D eigenvalue weighted by Gasteiger charge is 2.35. The molecule has 0 radical (unpaired) electrons. The third kappa shape index (κ3) is 3.43. The van der Waals surface area contributed by atoms with E-state index in [1.165, 1.54) is 19.1 Å². The van der Waals surface area contributed by atoms with Crippen LogP contribution < -0.4 is 4.90 Å². The van der Waals surface area contributed by atoms with Gasteiger partial charge in [0.1, 0.15) is 0 Å². The van der Waals surface area contributed by atoms with Gasteiger partial charge in [-0.1, -0.05) is 11.2 Å². The Kier molecular flexibility index (Phi) is 4.46. The highest BCUT2D eigenvalue weighted by molar-refractivity contribution is 5.73.